The number of methoxy groups -OCH3 is 1. The Hall–Kier alpha value is -5.59. The van der Waals surface area contributed by atoms with Crippen molar-refractivity contribution in [3.8, 4) is 17.2 Å². The number of hydrogen-bond donors (Lipinski definition) is 5. The van der Waals surface area contributed by atoms with Crippen molar-refractivity contribution < 1.29 is 38.2 Å². The molecule has 13 heteroatoms. The lowest BCUT2D eigenvalue weighted by Crippen LogP contribution is -2.59. The number of benzene rings is 3. The minimum atomic E-state index is -1.08. The Morgan fingerprint density at radius 3 is 2.27 bits per heavy atom. The Bertz CT molecular complexity index is 1640. The Morgan fingerprint density at radius 1 is 0.878 bits per heavy atom. The number of fused-ring (bicyclic) bond motifs is 15. The fourth-order valence-electron chi connectivity index (χ4n) is 5.38. The summed E-state index contributed by atoms with van der Waals surface area (Å²) >= 11 is 0. The van der Waals surface area contributed by atoms with E-state index in [4.69, 9.17) is 14.2 Å². The van der Waals surface area contributed by atoms with E-state index in [0.29, 0.717) is 35.7 Å². The first kappa shape index (κ1) is 34.7. The molecule has 3 atom stereocenters. The van der Waals surface area contributed by atoms with Gasteiger partial charge in [-0.15, -0.1) is 0 Å². The van der Waals surface area contributed by atoms with Crippen LogP contribution in [0, 0.1) is 0 Å². The predicted octanol–water partition coefficient (Wildman–Crippen LogP) is 1.19. The summed E-state index contributed by atoms with van der Waals surface area (Å²) in [5.41, 5.74) is 0.442. The largest absolute Gasteiger partial charge is 0.493 e. The molecule has 3 aliphatic rings. The molecule has 258 valence electrons. The Labute approximate surface area is 284 Å². The van der Waals surface area contributed by atoms with Gasteiger partial charge in [-0.1, -0.05) is 54.6 Å². The topological polar surface area (TPSA) is 173 Å². The molecule has 2 heterocycles. The number of hydrogen-bond acceptors (Lipinski definition) is 8. The van der Waals surface area contributed by atoms with E-state index in [1.807, 2.05) is 30.3 Å². The van der Waals surface area contributed by atoms with Crippen LogP contribution >= 0.6 is 0 Å². The molecule has 3 aromatic carbocycles. The minimum Gasteiger partial charge on any atom is -0.493 e. The second-order valence-electron chi connectivity index (χ2n) is 12.1. The SMILES string of the molecule is COc1ccccc1OCC(=O)N[C@H]1Cc2ccc(cc2)OCCNC(=O)C2(CC2)NC(=O)[C@@H](Cc2ccccc2)NC(=O)[C@H](C)NC1=O. The van der Waals surface area contributed by atoms with E-state index in [0.717, 1.165) is 5.56 Å². The van der Waals surface area contributed by atoms with Gasteiger partial charge in [-0.05, 0) is 55.2 Å². The molecule has 5 N–H and O–H groups in total. The van der Waals surface area contributed by atoms with Crippen LogP contribution in [0.5, 0.6) is 17.2 Å². The summed E-state index contributed by atoms with van der Waals surface area (Å²) in [5, 5.41) is 13.8. The van der Waals surface area contributed by atoms with Gasteiger partial charge in [0.05, 0.1) is 13.7 Å². The van der Waals surface area contributed by atoms with Crippen LogP contribution in [0.25, 0.3) is 0 Å². The van der Waals surface area contributed by atoms with Gasteiger partial charge in [-0.3, -0.25) is 24.0 Å². The van der Waals surface area contributed by atoms with Crippen LogP contribution in [0.2, 0.25) is 0 Å². The number of carbonyl (C=O) groups is 5. The molecule has 0 saturated heterocycles. The first-order valence-corrected chi connectivity index (χ1v) is 16.2. The first-order valence-electron chi connectivity index (χ1n) is 16.2. The van der Waals surface area contributed by atoms with Gasteiger partial charge in [-0.25, -0.2) is 0 Å². The number of nitrogens with one attached hydrogen (secondary N) is 5. The van der Waals surface area contributed by atoms with E-state index in [1.165, 1.54) is 14.0 Å². The highest BCUT2D eigenvalue weighted by Gasteiger charge is 2.51. The summed E-state index contributed by atoms with van der Waals surface area (Å²) in [4.78, 5) is 66.7. The van der Waals surface area contributed by atoms with E-state index in [1.54, 1.807) is 48.5 Å². The molecule has 1 saturated carbocycles. The molecule has 6 rings (SSSR count). The third kappa shape index (κ3) is 9.49. The maximum atomic E-state index is 13.6. The Kier molecular flexibility index (Phi) is 11.3. The Balaban J connectivity index is 1.34. The van der Waals surface area contributed by atoms with Crippen LogP contribution in [0.3, 0.4) is 0 Å². The summed E-state index contributed by atoms with van der Waals surface area (Å²) in [6.07, 6.45) is 1.17. The molecule has 0 unspecified atom stereocenters. The van der Waals surface area contributed by atoms with Crippen molar-refractivity contribution in [1.29, 1.82) is 0 Å². The molecule has 1 spiro atoms. The van der Waals surface area contributed by atoms with Crippen molar-refractivity contribution in [1.82, 2.24) is 26.6 Å². The van der Waals surface area contributed by atoms with Crippen LogP contribution < -0.4 is 40.8 Å². The second-order valence-corrected chi connectivity index (χ2v) is 12.1. The summed E-state index contributed by atoms with van der Waals surface area (Å²) in [5.74, 6) is -1.26. The van der Waals surface area contributed by atoms with E-state index >= 15 is 0 Å². The molecule has 13 nitrogen and oxygen atoms in total. The summed E-state index contributed by atoms with van der Waals surface area (Å²) in [7, 11) is 1.49. The minimum absolute atomic E-state index is 0.0953. The van der Waals surface area contributed by atoms with Crippen LogP contribution in [0.1, 0.15) is 30.9 Å². The predicted molar refractivity (Wildman–Crippen MR) is 179 cm³/mol. The van der Waals surface area contributed by atoms with Crippen molar-refractivity contribution in [2.24, 2.45) is 0 Å². The van der Waals surface area contributed by atoms with E-state index < -0.39 is 47.3 Å². The fraction of sp³-hybridized carbons (Fsp3) is 0.361. The molecule has 2 aliphatic heterocycles. The quantitative estimate of drug-likeness (QED) is 0.233. The molecule has 5 amide bonds. The van der Waals surface area contributed by atoms with Crippen molar-refractivity contribution >= 4 is 29.5 Å². The van der Waals surface area contributed by atoms with E-state index in [9.17, 15) is 24.0 Å². The highest BCUT2D eigenvalue weighted by molar-refractivity contribution is 5.98. The van der Waals surface area contributed by atoms with Crippen LogP contribution in [0.4, 0.5) is 0 Å². The maximum absolute atomic E-state index is 13.6. The number of carbonyl (C=O) groups excluding carboxylic acids is 5. The normalized spacial score (nSPS) is 21.2. The third-order valence-electron chi connectivity index (χ3n) is 8.31. The molecular formula is C36H41N5O8. The number of ether oxygens (including phenoxy) is 3. The summed E-state index contributed by atoms with van der Waals surface area (Å²) < 4.78 is 16.7. The molecule has 0 radical (unpaired) electrons. The van der Waals surface area contributed by atoms with Gasteiger partial charge in [0.1, 0.15) is 36.0 Å². The standard InChI is InChI=1S/C36H41N5O8/c1-23-32(43)40-28(20-24-8-4-3-5-9-24)34(45)41-36(16-17-36)35(46)37-18-19-48-26-14-12-25(13-15-26)21-27(33(44)38-23)39-31(42)22-49-30-11-7-6-10-29(30)47-2/h3-15,23,27-28H,16-22H2,1-2H3,(H,37,46)(H,38,44)(H,39,42)(H,40,43)(H,41,45)/t23-,27-,28+/m0/s1. The highest BCUT2D eigenvalue weighted by Crippen LogP contribution is 2.35. The molecule has 49 heavy (non-hydrogen) atoms. The highest BCUT2D eigenvalue weighted by atomic mass is 16.5. The van der Waals surface area contributed by atoms with Crippen molar-refractivity contribution in [3.05, 3.63) is 90.0 Å². The van der Waals surface area contributed by atoms with E-state index in [-0.39, 0.29) is 38.5 Å². The molecule has 1 fully saturated rings. The first-order chi connectivity index (χ1) is 23.7. The van der Waals surface area contributed by atoms with Gasteiger partial charge < -0.3 is 40.8 Å². The average Bonchev–Trinajstić information content (AvgIpc) is 3.89. The average molecular weight is 672 g/mol. The van der Waals surface area contributed by atoms with Crippen molar-refractivity contribution in [3.63, 3.8) is 0 Å². The van der Waals surface area contributed by atoms with Crippen LogP contribution in [0.15, 0.2) is 78.9 Å². The summed E-state index contributed by atoms with van der Waals surface area (Å²) in [6, 6.07) is 19.8. The molecule has 2 bridgehead atoms. The third-order valence-corrected chi connectivity index (χ3v) is 8.31. The van der Waals surface area contributed by atoms with E-state index in [2.05, 4.69) is 26.6 Å². The van der Waals surface area contributed by atoms with Gasteiger partial charge in [0.15, 0.2) is 18.1 Å². The number of amides is 5. The van der Waals surface area contributed by atoms with Gasteiger partial charge >= 0.3 is 0 Å². The zero-order chi connectivity index (χ0) is 34.8. The van der Waals surface area contributed by atoms with Gasteiger partial charge in [0.25, 0.3) is 5.91 Å². The fourth-order valence-corrected chi connectivity index (χ4v) is 5.38. The van der Waals surface area contributed by atoms with Gasteiger partial charge in [0.2, 0.25) is 23.6 Å². The van der Waals surface area contributed by atoms with Gasteiger partial charge in [-0.2, -0.15) is 0 Å². The van der Waals surface area contributed by atoms with Gasteiger partial charge in [0, 0.05) is 12.8 Å². The lowest BCUT2D eigenvalue weighted by atomic mass is 10.0. The maximum Gasteiger partial charge on any atom is 0.258 e. The lowest BCUT2D eigenvalue weighted by molar-refractivity contribution is -0.134. The van der Waals surface area contributed by atoms with Crippen LogP contribution in [-0.4, -0.2) is 80.1 Å². The molecular weight excluding hydrogens is 630 g/mol. The molecule has 0 aromatic heterocycles. The zero-order valence-electron chi connectivity index (χ0n) is 27.5. The summed E-state index contributed by atoms with van der Waals surface area (Å²) in [6.45, 7) is 1.50. The van der Waals surface area contributed by atoms with Crippen LogP contribution in [-0.2, 0) is 36.8 Å². The number of rotatable bonds is 7. The molecule has 1 aliphatic carbocycles. The van der Waals surface area contributed by atoms with Crippen molar-refractivity contribution in [2.45, 2.75) is 56.3 Å². The second kappa shape index (κ2) is 16.0. The number of para-hydroxylation sites is 2. The monoisotopic (exact) mass is 671 g/mol. The smallest absolute Gasteiger partial charge is 0.258 e. The van der Waals surface area contributed by atoms with Crippen molar-refractivity contribution in [2.75, 3.05) is 26.9 Å². The lowest BCUT2D eigenvalue weighted by Gasteiger charge is -2.25. The zero-order valence-corrected chi connectivity index (χ0v) is 27.5. The Morgan fingerprint density at radius 2 is 1.57 bits per heavy atom. The molecule has 3 aromatic rings.